The highest BCUT2D eigenvalue weighted by atomic mass is 16.1. The molecular weight excluding hydrogens is 200 g/mol. The second kappa shape index (κ2) is 8.03. The van der Waals surface area contributed by atoms with Crippen LogP contribution in [0.3, 0.4) is 0 Å². The Balaban J connectivity index is 2.60. The van der Waals surface area contributed by atoms with Gasteiger partial charge in [-0.15, -0.1) is 0 Å². The zero-order valence-corrected chi connectivity index (χ0v) is 9.68. The SMILES string of the molecule is O=CC1CC/C=C\CC/C=C\CCC1C=O. The molecule has 0 N–H and O–H groups in total. The molecule has 0 radical (unpaired) electrons. The molecule has 2 unspecified atom stereocenters. The van der Waals surface area contributed by atoms with Crippen molar-refractivity contribution in [2.75, 3.05) is 0 Å². The van der Waals surface area contributed by atoms with Crippen LogP contribution in [0.5, 0.6) is 0 Å². The normalized spacial score (nSPS) is 31.8. The Morgan fingerprint density at radius 3 is 1.44 bits per heavy atom. The monoisotopic (exact) mass is 220 g/mol. The standard InChI is InChI=1S/C14H20O2/c15-11-13-9-7-5-3-1-2-4-6-8-10-14(13)12-16/h3-6,11-14H,1-2,7-10H2/b5-3-,6-4-. The van der Waals surface area contributed by atoms with E-state index in [9.17, 15) is 9.59 Å². The lowest BCUT2D eigenvalue weighted by molar-refractivity contribution is -0.119. The quantitative estimate of drug-likeness (QED) is 0.529. The second-order valence-corrected chi connectivity index (χ2v) is 4.27. The number of hydrogen-bond donors (Lipinski definition) is 0. The largest absolute Gasteiger partial charge is 0.303 e. The molecule has 0 aromatic carbocycles. The van der Waals surface area contributed by atoms with Gasteiger partial charge in [0.05, 0.1) is 0 Å². The van der Waals surface area contributed by atoms with E-state index in [-0.39, 0.29) is 11.8 Å². The van der Waals surface area contributed by atoms with Gasteiger partial charge < -0.3 is 9.59 Å². The lowest BCUT2D eigenvalue weighted by Crippen LogP contribution is -2.17. The van der Waals surface area contributed by atoms with E-state index >= 15 is 0 Å². The van der Waals surface area contributed by atoms with Crippen LogP contribution in [0.25, 0.3) is 0 Å². The lowest BCUT2D eigenvalue weighted by atomic mass is 9.87. The Kier molecular flexibility index (Phi) is 6.47. The summed E-state index contributed by atoms with van der Waals surface area (Å²) in [6.45, 7) is 0. The molecule has 1 aliphatic carbocycles. The summed E-state index contributed by atoms with van der Waals surface area (Å²) in [6.07, 6.45) is 16.0. The molecule has 0 saturated carbocycles. The summed E-state index contributed by atoms with van der Waals surface area (Å²) >= 11 is 0. The van der Waals surface area contributed by atoms with Gasteiger partial charge in [-0.05, 0) is 38.5 Å². The van der Waals surface area contributed by atoms with Gasteiger partial charge in [0.1, 0.15) is 12.6 Å². The van der Waals surface area contributed by atoms with Crippen LogP contribution in [0.2, 0.25) is 0 Å². The third-order valence-corrected chi connectivity index (χ3v) is 3.07. The van der Waals surface area contributed by atoms with Crippen LogP contribution in [0.1, 0.15) is 38.5 Å². The molecule has 2 nitrogen and oxygen atoms in total. The van der Waals surface area contributed by atoms with Gasteiger partial charge in [-0.3, -0.25) is 0 Å². The molecule has 0 saturated heterocycles. The molecular formula is C14H20O2. The minimum Gasteiger partial charge on any atom is -0.303 e. The minimum absolute atomic E-state index is 0.102. The first kappa shape index (κ1) is 12.9. The number of carbonyl (C=O) groups is 2. The van der Waals surface area contributed by atoms with Crippen LogP contribution in [0.4, 0.5) is 0 Å². The molecule has 0 heterocycles. The Morgan fingerprint density at radius 2 is 1.06 bits per heavy atom. The van der Waals surface area contributed by atoms with Gasteiger partial charge in [-0.25, -0.2) is 0 Å². The van der Waals surface area contributed by atoms with Gasteiger partial charge in [-0.1, -0.05) is 24.3 Å². The average molecular weight is 220 g/mol. The van der Waals surface area contributed by atoms with Gasteiger partial charge in [0, 0.05) is 11.8 Å². The van der Waals surface area contributed by atoms with Crippen LogP contribution >= 0.6 is 0 Å². The third-order valence-electron chi connectivity index (χ3n) is 3.07. The van der Waals surface area contributed by atoms with Crippen molar-refractivity contribution in [2.24, 2.45) is 11.8 Å². The van der Waals surface area contributed by atoms with Crippen molar-refractivity contribution in [3.8, 4) is 0 Å². The van der Waals surface area contributed by atoms with Crippen LogP contribution in [-0.4, -0.2) is 12.6 Å². The van der Waals surface area contributed by atoms with E-state index in [2.05, 4.69) is 24.3 Å². The number of carbonyl (C=O) groups excluding carboxylic acids is 2. The second-order valence-electron chi connectivity index (χ2n) is 4.27. The van der Waals surface area contributed by atoms with E-state index in [1.54, 1.807) is 0 Å². The van der Waals surface area contributed by atoms with E-state index in [0.29, 0.717) is 0 Å². The lowest BCUT2D eigenvalue weighted by Gasteiger charge is -2.16. The molecule has 2 atom stereocenters. The van der Waals surface area contributed by atoms with Gasteiger partial charge in [-0.2, -0.15) is 0 Å². The Labute approximate surface area is 97.4 Å². The fraction of sp³-hybridized carbons (Fsp3) is 0.571. The fourth-order valence-corrected chi connectivity index (χ4v) is 2.01. The molecule has 16 heavy (non-hydrogen) atoms. The van der Waals surface area contributed by atoms with Crippen LogP contribution in [0.15, 0.2) is 24.3 Å². The van der Waals surface area contributed by atoms with Crippen molar-refractivity contribution in [2.45, 2.75) is 38.5 Å². The highest BCUT2D eigenvalue weighted by molar-refractivity contribution is 5.64. The van der Waals surface area contributed by atoms with Crippen molar-refractivity contribution in [3.05, 3.63) is 24.3 Å². The molecule has 1 rings (SSSR count). The van der Waals surface area contributed by atoms with E-state index in [0.717, 1.165) is 51.1 Å². The van der Waals surface area contributed by atoms with Crippen molar-refractivity contribution >= 4 is 12.6 Å². The molecule has 0 aliphatic heterocycles. The number of allylic oxidation sites excluding steroid dienone is 4. The van der Waals surface area contributed by atoms with E-state index < -0.39 is 0 Å². The zero-order valence-electron chi connectivity index (χ0n) is 9.68. The summed E-state index contributed by atoms with van der Waals surface area (Å²) in [5.41, 5.74) is 0. The minimum atomic E-state index is -0.102. The number of rotatable bonds is 2. The maximum absolute atomic E-state index is 10.9. The van der Waals surface area contributed by atoms with Crippen LogP contribution < -0.4 is 0 Å². The molecule has 1 aliphatic rings. The summed E-state index contributed by atoms with van der Waals surface area (Å²) in [5.74, 6) is -0.204. The highest BCUT2D eigenvalue weighted by Gasteiger charge is 2.19. The molecule has 0 bridgehead atoms. The Morgan fingerprint density at radius 1 is 0.688 bits per heavy atom. The van der Waals surface area contributed by atoms with E-state index in [4.69, 9.17) is 0 Å². The van der Waals surface area contributed by atoms with Crippen molar-refractivity contribution < 1.29 is 9.59 Å². The van der Waals surface area contributed by atoms with Crippen molar-refractivity contribution in [3.63, 3.8) is 0 Å². The zero-order chi connectivity index (χ0) is 11.6. The maximum atomic E-state index is 10.9. The summed E-state index contributed by atoms with van der Waals surface area (Å²) in [7, 11) is 0. The van der Waals surface area contributed by atoms with Gasteiger partial charge >= 0.3 is 0 Å². The molecule has 2 heteroatoms. The van der Waals surface area contributed by atoms with Gasteiger partial charge in [0.25, 0.3) is 0 Å². The molecule has 0 aromatic heterocycles. The summed E-state index contributed by atoms with van der Waals surface area (Å²) in [6, 6.07) is 0. The summed E-state index contributed by atoms with van der Waals surface area (Å²) in [5, 5.41) is 0. The van der Waals surface area contributed by atoms with Crippen molar-refractivity contribution in [1.29, 1.82) is 0 Å². The molecule has 0 amide bonds. The van der Waals surface area contributed by atoms with Crippen molar-refractivity contribution in [1.82, 2.24) is 0 Å². The predicted octanol–water partition coefficient (Wildman–Crippen LogP) is 3.08. The van der Waals surface area contributed by atoms with Crippen LogP contribution in [0, 0.1) is 11.8 Å². The number of hydrogen-bond acceptors (Lipinski definition) is 2. The highest BCUT2D eigenvalue weighted by Crippen LogP contribution is 2.20. The molecule has 0 spiro atoms. The molecule has 0 aromatic rings. The first-order valence-electron chi connectivity index (χ1n) is 6.09. The fourth-order valence-electron chi connectivity index (χ4n) is 2.01. The predicted molar refractivity (Wildman–Crippen MR) is 65.1 cm³/mol. The molecule has 0 fully saturated rings. The average Bonchev–Trinajstić information content (AvgIpc) is 2.30. The molecule has 88 valence electrons. The van der Waals surface area contributed by atoms with Gasteiger partial charge in [0.2, 0.25) is 0 Å². The first-order valence-corrected chi connectivity index (χ1v) is 6.09. The Bertz CT molecular complexity index is 238. The summed E-state index contributed by atoms with van der Waals surface area (Å²) in [4.78, 5) is 21.9. The topological polar surface area (TPSA) is 34.1 Å². The third kappa shape index (κ3) is 4.56. The van der Waals surface area contributed by atoms with E-state index in [1.807, 2.05) is 0 Å². The maximum Gasteiger partial charge on any atom is 0.123 e. The number of aldehydes is 2. The van der Waals surface area contributed by atoms with Crippen LogP contribution in [-0.2, 0) is 9.59 Å². The summed E-state index contributed by atoms with van der Waals surface area (Å²) < 4.78 is 0. The first-order chi connectivity index (χ1) is 7.88. The van der Waals surface area contributed by atoms with E-state index in [1.165, 1.54) is 0 Å². The Hall–Kier alpha value is -1.18. The van der Waals surface area contributed by atoms with Gasteiger partial charge in [0.15, 0.2) is 0 Å². The smallest absolute Gasteiger partial charge is 0.123 e.